The van der Waals surface area contributed by atoms with E-state index < -0.39 is 0 Å². The van der Waals surface area contributed by atoms with Gasteiger partial charge in [-0.1, -0.05) is 42.5 Å². The minimum atomic E-state index is -0.305. The standard InChI is InChI=1S/C25H21FN2O2S/c1-2-30-18-13-11-17(12-14-18)15-24(29)27-22-10-6-4-8-20(22)23-16-31-25(28-23)19-7-3-5-9-21(19)26/h3-14,16H,2,15H2,1H3,(H,27,29). The first-order valence-electron chi connectivity index (χ1n) is 9.95. The smallest absolute Gasteiger partial charge is 0.228 e. The van der Waals surface area contributed by atoms with E-state index in [0.717, 1.165) is 16.9 Å². The lowest BCUT2D eigenvalue weighted by Crippen LogP contribution is -2.15. The molecule has 0 saturated heterocycles. The third-order valence-electron chi connectivity index (χ3n) is 4.68. The van der Waals surface area contributed by atoms with Gasteiger partial charge < -0.3 is 10.1 Å². The van der Waals surface area contributed by atoms with Gasteiger partial charge in [0.1, 0.15) is 16.6 Å². The molecule has 1 amide bonds. The number of aromatic nitrogens is 1. The molecule has 0 aliphatic rings. The monoisotopic (exact) mass is 432 g/mol. The predicted molar refractivity (Wildman–Crippen MR) is 123 cm³/mol. The van der Waals surface area contributed by atoms with Crippen LogP contribution in [0, 0.1) is 5.82 Å². The fraction of sp³-hybridized carbons (Fsp3) is 0.120. The fourth-order valence-electron chi connectivity index (χ4n) is 3.22. The maximum absolute atomic E-state index is 14.1. The first-order chi connectivity index (χ1) is 15.1. The molecule has 0 atom stereocenters. The Bertz CT molecular complexity index is 1190. The highest BCUT2D eigenvalue weighted by Crippen LogP contribution is 2.33. The van der Waals surface area contributed by atoms with E-state index in [1.165, 1.54) is 17.4 Å². The molecule has 3 aromatic carbocycles. The second-order valence-electron chi connectivity index (χ2n) is 6.87. The first kappa shape index (κ1) is 20.8. The van der Waals surface area contributed by atoms with Crippen LogP contribution >= 0.6 is 11.3 Å². The summed E-state index contributed by atoms with van der Waals surface area (Å²) in [7, 11) is 0. The van der Waals surface area contributed by atoms with Crippen LogP contribution in [-0.4, -0.2) is 17.5 Å². The number of rotatable bonds is 7. The molecule has 0 saturated carbocycles. The Morgan fingerprint density at radius 2 is 1.71 bits per heavy atom. The number of thiazole rings is 1. The van der Waals surface area contributed by atoms with Crippen LogP contribution in [-0.2, 0) is 11.2 Å². The number of nitrogens with zero attached hydrogens (tertiary/aromatic N) is 1. The van der Waals surface area contributed by atoms with E-state index in [1.54, 1.807) is 18.2 Å². The Morgan fingerprint density at radius 3 is 2.45 bits per heavy atom. The molecule has 0 radical (unpaired) electrons. The molecule has 0 spiro atoms. The summed E-state index contributed by atoms with van der Waals surface area (Å²) >= 11 is 1.37. The minimum absolute atomic E-state index is 0.124. The molecular formula is C25H21FN2O2S. The summed E-state index contributed by atoms with van der Waals surface area (Å²) in [6, 6.07) is 21.6. The predicted octanol–water partition coefficient (Wildman–Crippen LogP) is 6.20. The molecule has 0 fully saturated rings. The molecule has 1 heterocycles. The number of hydrogen-bond acceptors (Lipinski definition) is 4. The molecular weight excluding hydrogens is 411 g/mol. The molecule has 0 bridgehead atoms. The molecule has 156 valence electrons. The van der Waals surface area contributed by atoms with Gasteiger partial charge in [0.15, 0.2) is 0 Å². The van der Waals surface area contributed by atoms with E-state index in [0.29, 0.717) is 28.6 Å². The van der Waals surface area contributed by atoms with Gasteiger partial charge in [0.05, 0.1) is 24.4 Å². The highest BCUT2D eigenvalue weighted by atomic mass is 32.1. The van der Waals surface area contributed by atoms with Gasteiger partial charge in [0, 0.05) is 16.5 Å². The van der Waals surface area contributed by atoms with E-state index in [4.69, 9.17) is 4.74 Å². The van der Waals surface area contributed by atoms with Crippen LogP contribution in [0.15, 0.2) is 78.2 Å². The summed E-state index contributed by atoms with van der Waals surface area (Å²) in [6.45, 7) is 2.53. The number of ether oxygens (including phenoxy) is 1. The van der Waals surface area contributed by atoms with Crippen LogP contribution in [0.5, 0.6) is 5.75 Å². The van der Waals surface area contributed by atoms with Crippen molar-refractivity contribution in [2.24, 2.45) is 0 Å². The largest absolute Gasteiger partial charge is 0.494 e. The molecule has 1 aromatic heterocycles. The zero-order chi connectivity index (χ0) is 21.6. The second-order valence-corrected chi connectivity index (χ2v) is 7.72. The summed E-state index contributed by atoms with van der Waals surface area (Å²) in [5.41, 5.74) is 3.52. The summed E-state index contributed by atoms with van der Waals surface area (Å²) in [6.07, 6.45) is 0.248. The van der Waals surface area contributed by atoms with Gasteiger partial charge >= 0.3 is 0 Å². The zero-order valence-electron chi connectivity index (χ0n) is 17.0. The van der Waals surface area contributed by atoms with Crippen molar-refractivity contribution in [3.05, 3.63) is 89.6 Å². The Hall–Kier alpha value is -3.51. The number of hydrogen-bond donors (Lipinski definition) is 1. The van der Waals surface area contributed by atoms with Gasteiger partial charge in [0.25, 0.3) is 0 Å². The van der Waals surface area contributed by atoms with Crippen molar-refractivity contribution in [2.75, 3.05) is 11.9 Å². The number of amides is 1. The highest BCUT2D eigenvalue weighted by molar-refractivity contribution is 7.13. The van der Waals surface area contributed by atoms with Crippen LogP contribution in [0.25, 0.3) is 21.8 Å². The quantitative estimate of drug-likeness (QED) is 0.378. The minimum Gasteiger partial charge on any atom is -0.494 e. The van der Waals surface area contributed by atoms with Crippen molar-refractivity contribution in [3.8, 4) is 27.6 Å². The van der Waals surface area contributed by atoms with E-state index in [-0.39, 0.29) is 18.1 Å². The van der Waals surface area contributed by atoms with Crippen LogP contribution < -0.4 is 10.1 Å². The Morgan fingerprint density at radius 1 is 1.00 bits per heavy atom. The third kappa shape index (κ3) is 4.98. The van der Waals surface area contributed by atoms with E-state index in [2.05, 4.69) is 10.3 Å². The maximum Gasteiger partial charge on any atom is 0.228 e. The average molecular weight is 433 g/mol. The van der Waals surface area contributed by atoms with Crippen molar-refractivity contribution >= 4 is 22.9 Å². The SMILES string of the molecule is CCOc1ccc(CC(=O)Nc2ccccc2-c2csc(-c3ccccc3F)n2)cc1. The van der Waals surface area contributed by atoms with E-state index in [9.17, 15) is 9.18 Å². The number of carbonyl (C=O) groups is 1. The zero-order valence-corrected chi connectivity index (χ0v) is 17.8. The Balaban J connectivity index is 1.51. The van der Waals surface area contributed by atoms with Gasteiger partial charge in [-0.2, -0.15) is 0 Å². The maximum atomic E-state index is 14.1. The molecule has 0 unspecified atom stereocenters. The van der Waals surface area contributed by atoms with Gasteiger partial charge in [-0.3, -0.25) is 4.79 Å². The van der Waals surface area contributed by atoms with E-state index in [1.807, 2.05) is 60.8 Å². The molecule has 6 heteroatoms. The van der Waals surface area contributed by atoms with Gasteiger partial charge in [-0.05, 0) is 42.8 Å². The molecule has 1 N–H and O–H groups in total. The van der Waals surface area contributed by atoms with Crippen LogP contribution in [0.3, 0.4) is 0 Å². The van der Waals surface area contributed by atoms with Gasteiger partial charge in [-0.25, -0.2) is 9.37 Å². The van der Waals surface area contributed by atoms with Crippen molar-refractivity contribution in [3.63, 3.8) is 0 Å². The van der Waals surface area contributed by atoms with Crippen molar-refractivity contribution < 1.29 is 13.9 Å². The number of nitrogens with one attached hydrogen (secondary N) is 1. The molecule has 4 nitrogen and oxygen atoms in total. The number of halogens is 1. The lowest BCUT2D eigenvalue weighted by atomic mass is 10.1. The second kappa shape index (κ2) is 9.53. The fourth-order valence-corrected chi connectivity index (χ4v) is 4.07. The topological polar surface area (TPSA) is 51.2 Å². The number of anilines is 1. The molecule has 0 aliphatic heterocycles. The van der Waals surface area contributed by atoms with E-state index >= 15 is 0 Å². The number of para-hydroxylation sites is 1. The lowest BCUT2D eigenvalue weighted by Gasteiger charge is -2.10. The molecule has 0 aliphatic carbocycles. The first-order valence-corrected chi connectivity index (χ1v) is 10.8. The third-order valence-corrected chi connectivity index (χ3v) is 5.56. The highest BCUT2D eigenvalue weighted by Gasteiger charge is 2.14. The average Bonchev–Trinajstić information content (AvgIpc) is 3.26. The van der Waals surface area contributed by atoms with Crippen molar-refractivity contribution in [2.45, 2.75) is 13.3 Å². The van der Waals surface area contributed by atoms with Crippen LogP contribution in [0.1, 0.15) is 12.5 Å². The number of benzene rings is 3. The number of carbonyl (C=O) groups excluding carboxylic acids is 1. The summed E-state index contributed by atoms with van der Waals surface area (Å²) < 4.78 is 19.6. The van der Waals surface area contributed by atoms with Gasteiger partial charge in [-0.15, -0.1) is 11.3 Å². The lowest BCUT2D eigenvalue weighted by molar-refractivity contribution is -0.115. The molecule has 31 heavy (non-hydrogen) atoms. The van der Waals surface area contributed by atoms with Crippen LogP contribution in [0.2, 0.25) is 0 Å². The molecule has 4 aromatic rings. The van der Waals surface area contributed by atoms with Crippen molar-refractivity contribution in [1.29, 1.82) is 0 Å². The van der Waals surface area contributed by atoms with Crippen molar-refractivity contribution in [1.82, 2.24) is 4.98 Å². The Kier molecular flexibility index (Phi) is 6.38. The summed E-state index contributed by atoms with van der Waals surface area (Å²) in [4.78, 5) is 17.2. The van der Waals surface area contributed by atoms with Crippen LogP contribution in [0.4, 0.5) is 10.1 Å². The Labute approximate surface area is 184 Å². The summed E-state index contributed by atoms with van der Waals surface area (Å²) in [5, 5.41) is 5.45. The van der Waals surface area contributed by atoms with Gasteiger partial charge in [0.2, 0.25) is 5.91 Å². The summed E-state index contributed by atoms with van der Waals surface area (Å²) in [5.74, 6) is 0.354. The normalized spacial score (nSPS) is 10.6. The molecule has 4 rings (SSSR count).